The van der Waals surface area contributed by atoms with Gasteiger partial charge in [-0.15, -0.1) is 11.3 Å². The number of rotatable bonds is 8. The van der Waals surface area contributed by atoms with Crippen molar-refractivity contribution in [3.8, 4) is 6.07 Å². The molecule has 0 aromatic carbocycles. The molecule has 1 rings (SSSR count). The average molecular weight is 253 g/mol. The average Bonchev–Trinajstić information content (AvgIpc) is 2.75. The molecule has 1 heterocycles. The highest BCUT2D eigenvalue weighted by atomic mass is 32.1. The molecule has 17 heavy (non-hydrogen) atoms. The number of hydrogen-bond donors (Lipinski definition) is 1. The summed E-state index contributed by atoms with van der Waals surface area (Å²) in [6, 6.07) is 5.98. The third-order valence-corrected chi connectivity index (χ3v) is 3.17. The summed E-state index contributed by atoms with van der Waals surface area (Å²) < 4.78 is 5.46. The molecule has 94 valence electrons. The largest absolute Gasteiger partial charge is 0.379 e. The Balaban J connectivity index is 1.99. The van der Waals surface area contributed by atoms with Crippen molar-refractivity contribution < 1.29 is 4.74 Å². The van der Waals surface area contributed by atoms with Gasteiger partial charge in [0.15, 0.2) is 0 Å². The van der Waals surface area contributed by atoms with Gasteiger partial charge >= 0.3 is 0 Å². The minimum atomic E-state index is 0.727. The highest BCUT2D eigenvalue weighted by molar-refractivity contribution is 7.12. The number of likely N-dealkylation sites (N-methyl/N-ethyl adjacent to an activating group) is 1. The number of hydrogen-bond acceptors (Lipinski definition) is 5. The van der Waals surface area contributed by atoms with Gasteiger partial charge in [0.1, 0.15) is 10.9 Å². The summed E-state index contributed by atoms with van der Waals surface area (Å²) in [5.41, 5.74) is 0. The second-order valence-electron chi connectivity index (χ2n) is 3.97. The van der Waals surface area contributed by atoms with Gasteiger partial charge in [-0.3, -0.25) is 0 Å². The molecular formula is C12H19N3OS. The summed E-state index contributed by atoms with van der Waals surface area (Å²) >= 11 is 1.53. The van der Waals surface area contributed by atoms with Gasteiger partial charge in [-0.05, 0) is 26.2 Å². The molecule has 0 amide bonds. The van der Waals surface area contributed by atoms with Crippen molar-refractivity contribution in [2.45, 2.75) is 6.54 Å². The fourth-order valence-electron chi connectivity index (χ4n) is 1.24. The highest BCUT2D eigenvalue weighted by Gasteiger charge is 1.98. The van der Waals surface area contributed by atoms with Crippen molar-refractivity contribution >= 4 is 11.3 Å². The van der Waals surface area contributed by atoms with E-state index in [1.165, 1.54) is 16.2 Å². The van der Waals surface area contributed by atoms with Crippen molar-refractivity contribution in [3.05, 3.63) is 21.9 Å². The first-order valence-electron chi connectivity index (χ1n) is 5.64. The Hall–Kier alpha value is -0.930. The molecule has 0 unspecified atom stereocenters. The van der Waals surface area contributed by atoms with Gasteiger partial charge in [0.05, 0.1) is 13.2 Å². The molecule has 4 nitrogen and oxygen atoms in total. The molecule has 0 saturated heterocycles. The first kappa shape index (κ1) is 14.1. The van der Waals surface area contributed by atoms with Crippen molar-refractivity contribution in [2.24, 2.45) is 0 Å². The van der Waals surface area contributed by atoms with Gasteiger partial charge in [0.25, 0.3) is 0 Å². The lowest BCUT2D eigenvalue weighted by molar-refractivity contribution is 0.119. The van der Waals surface area contributed by atoms with Crippen LogP contribution < -0.4 is 5.32 Å². The Kier molecular flexibility index (Phi) is 6.82. The molecule has 1 aromatic rings. The fourth-order valence-corrected chi connectivity index (χ4v) is 2.01. The Morgan fingerprint density at radius 2 is 2.24 bits per heavy atom. The summed E-state index contributed by atoms with van der Waals surface area (Å²) in [7, 11) is 4.07. The van der Waals surface area contributed by atoms with Crippen LogP contribution in [-0.4, -0.2) is 45.3 Å². The first-order valence-corrected chi connectivity index (χ1v) is 6.46. The number of ether oxygens (including phenoxy) is 1. The minimum absolute atomic E-state index is 0.727. The third-order valence-electron chi connectivity index (χ3n) is 2.18. The van der Waals surface area contributed by atoms with E-state index in [1.807, 2.05) is 26.2 Å². The van der Waals surface area contributed by atoms with Crippen molar-refractivity contribution in [1.82, 2.24) is 10.2 Å². The van der Waals surface area contributed by atoms with E-state index in [2.05, 4.69) is 16.3 Å². The number of nitriles is 1. The van der Waals surface area contributed by atoms with Crippen LogP contribution in [0.25, 0.3) is 0 Å². The molecule has 0 spiro atoms. The van der Waals surface area contributed by atoms with E-state index in [0.29, 0.717) is 0 Å². The van der Waals surface area contributed by atoms with Crippen LogP contribution >= 0.6 is 11.3 Å². The lowest BCUT2D eigenvalue weighted by Crippen LogP contribution is -2.22. The van der Waals surface area contributed by atoms with Crippen molar-refractivity contribution in [3.63, 3.8) is 0 Å². The van der Waals surface area contributed by atoms with Crippen LogP contribution in [0.4, 0.5) is 0 Å². The molecule has 0 fully saturated rings. The smallest absolute Gasteiger partial charge is 0.110 e. The van der Waals surface area contributed by atoms with Gasteiger partial charge in [0, 0.05) is 24.5 Å². The maximum absolute atomic E-state index is 8.68. The van der Waals surface area contributed by atoms with Crippen LogP contribution in [0.1, 0.15) is 9.75 Å². The van der Waals surface area contributed by atoms with E-state index in [4.69, 9.17) is 10.00 Å². The fraction of sp³-hybridized carbons (Fsp3) is 0.583. The number of nitrogens with one attached hydrogen (secondary N) is 1. The van der Waals surface area contributed by atoms with Crippen LogP contribution in [0, 0.1) is 11.3 Å². The monoisotopic (exact) mass is 253 g/mol. The van der Waals surface area contributed by atoms with E-state index < -0.39 is 0 Å². The quantitative estimate of drug-likeness (QED) is 0.709. The maximum atomic E-state index is 8.68. The van der Waals surface area contributed by atoms with E-state index in [0.717, 1.165) is 37.7 Å². The lowest BCUT2D eigenvalue weighted by atomic mass is 10.4. The molecule has 1 aromatic heterocycles. The van der Waals surface area contributed by atoms with Crippen molar-refractivity contribution in [1.29, 1.82) is 5.26 Å². The molecule has 0 radical (unpaired) electrons. The van der Waals surface area contributed by atoms with Crippen LogP contribution in [0.5, 0.6) is 0 Å². The molecule has 0 bridgehead atoms. The van der Waals surface area contributed by atoms with Crippen LogP contribution in [0.15, 0.2) is 12.1 Å². The van der Waals surface area contributed by atoms with E-state index in [9.17, 15) is 0 Å². The van der Waals surface area contributed by atoms with Crippen molar-refractivity contribution in [2.75, 3.05) is 40.4 Å². The van der Waals surface area contributed by atoms with Gasteiger partial charge in [-0.25, -0.2) is 0 Å². The predicted octanol–water partition coefficient (Wildman–Crippen LogP) is 1.29. The van der Waals surface area contributed by atoms with E-state index in [-0.39, 0.29) is 0 Å². The molecule has 0 aliphatic carbocycles. The summed E-state index contributed by atoms with van der Waals surface area (Å²) in [5, 5.41) is 12.0. The van der Waals surface area contributed by atoms with Gasteiger partial charge in [0.2, 0.25) is 0 Å². The topological polar surface area (TPSA) is 48.3 Å². The molecule has 0 aliphatic heterocycles. The van der Waals surface area contributed by atoms with Gasteiger partial charge in [-0.1, -0.05) is 0 Å². The van der Waals surface area contributed by atoms with Crippen LogP contribution in [-0.2, 0) is 11.3 Å². The molecule has 0 saturated carbocycles. The Bertz CT molecular complexity index is 357. The SMILES string of the molecule is CN(C)CCOCCNCc1ccc(C#N)s1. The van der Waals surface area contributed by atoms with E-state index in [1.54, 1.807) is 0 Å². The van der Waals surface area contributed by atoms with Crippen LogP contribution in [0.2, 0.25) is 0 Å². The lowest BCUT2D eigenvalue weighted by Gasteiger charge is -2.09. The normalized spacial score (nSPS) is 10.7. The molecule has 0 aliphatic rings. The zero-order valence-electron chi connectivity index (χ0n) is 10.4. The summed E-state index contributed by atoms with van der Waals surface area (Å²) in [6.07, 6.45) is 0. The molecule has 0 atom stereocenters. The van der Waals surface area contributed by atoms with Gasteiger partial charge in [-0.2, -0.15) is 5.26 Å². The number of nitrogens with zero attached hydrogens (tertiary/aromatic N) is 2. The summed E-state index contributed by atoms with van der Waals surface area (Å²) in [5.74, 6) is 0. The predicted molar refractivity (Wildman–Crippen MR) is 70.1 cm³/mol. The zero-order chi connectivity index (χ0) is 12.5. The molecule has 5 heteroatoms. The minimum Gasteiger partial charge on any atom is -0.379 e. The van der Waals surface area contributed by atoms with E-state index >= 15 is 0 Å². The highest BCUT2D eigenvalue weighted by Crippen LogP contribution is 2.14. The van der Waals surface area contributed by atoms with Crippen LogP contribution in [0.3, 0.4) is 0 Å². The second-order valence-corrected chi connectivity index (χ2v) is 5.14. The summed E-state index contributed by atoms with van der Waals surface area (Å²) in [6.45, 7) is 4.10. The first-order chi connectivity index (χ1) is 8.22. The number of thiophene rings is 1. The second kappa shape index (κ2) is 8.20. The summed E-state index contributed by atoms with van der Waals surface area (Å²) in [4.78, 5) is 4.06. The Morgan fingerprint density at radius 1 is 1.41 bits per heavy atom. The molecular weight excluding hydrogens is 234 g/mol. The molecule has 1 N–H and O–H groups in total. The van der Waals surface area contributed by atoms with Gasteiger partial charge < -0.3 is 15.0 Å². The Labute approximate surface area is 107 Å². The standard InChI is InChI=1S/C12H19N3OS/c1-15(2)6-8-16-7-5-14-10-12-4-3-11(9-13)17-12/h3-4,14H,5-8,10H2,1-2H3. The Morgan fingerprint density at radius 3 is 2.88 bits per heavy atom. The third kappa shape index (κ3) is 6.39. The maximum Gasteiger partial charge on any atom is 0.110 e. The zero-order valence-corrected chi connectivity index (χ0v) is 11.2.